The topological polar surface area (TPSA) is 406 Å². The van der Waals surface area contributed by atoms with Gasteiger partial charge in [-0.2, -0.15) is 25.3 Å². The Balaban J connectivity index is 6.09. The van der Waals surface area contributed by atoms with Crippen LogP contribution in [0, 0.1) is 11.8 Å². The molecule has 0 aromatic heterocycles. The number of aliphatic hydroxyl groups excluding tert-OH is 2. The number of carboxylic acid groups (broad SMARTS) is 1. The standard InChI is InChI=1S/C37H67N11O13S2/c1-16(2)11-22(33(56)45-24(15-63)37(60)61)44-35(58)28(18(5)49)46-26(52)13-41-31(54)23(12-25(40)51)43-32(55)21(9-7-8-10-38)42-34(57)27(17(3)4)47-36(59)29(19(6)50)48-30(53)20(39)14-62/h16-24,27-29,49-50,62-63H,7-15,38-39H2,1-6H3,(H2,40,51)(H,41,54)(H,42,57)(H,43,55)(H,44,58)(H,45,56)(H,46,52)(H,47,59)(H,48,53)(H,60,61)/t18-,19-,20+,21+,22+,23+,24+,27+,28+,29+/m1/s1. The van der Waals surface area contributed by atoms with Crippen LogP contribution in [0.2, 0.25) is 0 Å². The summed E-state index contributed by atoms with van der Waals surface area (Å²) in [5.74, 6) is -11.1. The molecule has 0 bridgehead atoms. The van der Waals surface area contributed by atoms with Crippen molar-refractivity contribution in [3.8, 4) is 0 Å². The van der Waals surface area contributed by atoms with E-state index in [2.05, 4.69) is 67.8 Å². The maximum Gasteiger partial charge on any atom is 0.327 e. The molecule has 0 aliphatic rings. The van der Waals surface area contributed by atoms with E-state index in [0.29, 0.717) is 12.8 Å². The van der Waals surface area contributed by atoms with Crippen molar-refractivity contribution in [1.82, 2.24) is 42.5 Å². The highest BCUT2D eigenvalue weighted by atomic mass is 32.1. The molecule has 63 heavy (non-hydrogen) atoms. The number of unbranched alkanes of at least 4 members (excludes halogenated alkanes) is 1. The van der Waals surface area contributed by atoms with Crippen LogP contribution in [0.4, 0.5) is 0 Å². The van der Waals surface area contributed by atoms with Gasteiger partial charge >= 0.3 is 5.97 Å². The van der Waals surface area contributed by atoms with Crippen molar-refractivity contribution >= 4 is 84.4 Å². The molecule has 0 spiro atoms. The van der Waals surface area contributed by atoms with Gasteiger partial charge in [0.2, 0.25) is 53.2 Å². The third-order valence-electron chi connectivity index (χ3n) is 9.10. The summed E-state index contributed by atoms with van der Waals surface area (Å²) in [5.41, 5.74) is 16.6. The number of carbonyl (C=O) groups is 10. The van der Waals surface area contributed by atoms with Crippen molar-refractivity contribution in [2.24, 2.45) is 29.0 Å². The Bertz CT molecular complexity index is 1590. The van der Waals surface area contributed by atoms with Crippen LogP contribution in [0.3, 0.4) is 0 Å². The first-order valence-corrected chi connectivity index (χ1v) is 21.5. The zero-order valence-electron chi connectivity index (χ0n) is 36.3. The Morgan fingerprint density at radius 2 is 1.05 bits per heavy atom. The molecule has 0 aliphatic carbocycles. The summed E-state index contributed by atoms with van der Waals surface area (Å²) in [6.07, 6.45) is -3.02. The minimum Gasteiger partial charge on any atom is -0.480 e. The highest BCUT2D eigenvalue weighted by molar-refractivity contribution is 7.80. The van der Waals surface area contributed by atoms with Crippen LogP contribution in [0.15, 0.2) is 0 Å². The van der Waals surface area contributed by atoms with Crippen molar-refractivity contribution in [2.45, 2.75) is 134 Å². The van der Waals surface area contributed by atoms with Gasteiger partial charge in [0.1, 0.15) is 42.3 Å². The van der Waals surface area contributed by atoms with Gasteiger partial charge in [0, 0.05) is 11.5 Å². The predicted octanol–water partition coefficient (Wildman–Crippen LogP) is -5.76. The third-order valence-corrected chi connectivity index (χ3v) is 9.86. The average Bonchev–Trinajstić information content (AvgIpc) is 3.19. The lowest BCUT2D eigenvalue weighted by Crippen LogP contribution is -2.62. The van der Waals surface area contributed by atoms with Gasteiger partial charge in [0.05, 0.1) is 31.2 Å². The van der Waals surface area contributed by atoms with Crippen LogP contribution in [0.1, 0.15) is 73.6 Å². The normalized spacial score (nSPS) is 16.0. The summed E-state index contributed by atoms with van der Waals surface area (Å²) in [6.45, 7) is 8.37. The van der Waals surface area contributed by atoms with Crippen molar-refractivity contribution < 1.29 is 63.3 Å². The summed E-state index contributed by atoms with van der Waals surface area (Å²) < 4.78 is 0. The van der Waals surface area contributed by atoms with Crippen LogP contribution in [0.25, 0.3) is 0 Å². The molecule has 26 heteroatoms. The fraction of sp³-hybridized carbons (Fsp3) is 0.730. The van der Waals surface area contributed by atoms with Gasteiger partial charge in [0.15, 0.2) is 0 Å². The number of hydrogen-bond acceptors (Lipinski definition) is 16. The quantitative estimate of drug-likeness (QED) is 0.0236. The van der Waals surface area contributed by atoms with Gasteiger partial charge in [-0.25, -0.2) is 4.79 Å². The largest absolute Gasteiger partial charge is 0.480 e. The van der Waals surface area contributed by atoms with E-state index < -0.39 is 139 Å². The van der Waals surface area contributed by atoms with E-state index >= 15 is 0 Å². The van der Waals surface area contributed by atoms with Gasteiger partial charge < -0.3 is 75.1 Å². The van der Waals surface area contributed by atoms with Gasteiger partial charge in [0.25, 0.3) is 0 Å². The number of amides is 9. The number of aliphatic hydroxyl groups is 2. The Labute approximate surface area is 377 Å². The van der Waals surface area contributed by atoms with Crippen LogP contribution < -0.4 is 59.7 Å². The number of aliphatic carboxylic acids is 1. The van der Waals surface area contributed by atoms with Gasteiger partial charge in [-0.1, -0.05) is 27.7 Å². The molecule has 0 unspecified atom stereocenters. The molecule has 0 radical (unpaired) electrons. The second kappa shape index (κ2) is 29.6. The van der Waals surface area contributed by atoms with E-state index in [1.165, 1.54) is 6.92 Å². The Morgan fingerprint density at radius 1 is 0.571 bits per heavy atom. The van der Waals surface area contributed by atoms with Crippen molar-refractivity contribution in [1.29, 1.82) is 0 Å². The molecule has 10 atom stereocenters. The molecule has 0 saturated heterocycles. The summed E-state index contributed by atoms with van der Waals surface area (Å²) in [6, 6.07) is -11.4. The first kappa shape index (κ1) is 58.2. The number of nitrogens with two attached hydrogens (primary N) is 3. The lowest BCUT2D eigenvalue weighted by atomic mass is 10.0. The number of hydrogen-bond donors (Lipinski definition) is 16. The van der Waals surface area contributed by atoms with Gasteiger partial charge in [-0.15, -0.1) is 0 Å². The molecule has 0 aromatic rings. The number of carboxylic acids is 1. The number of rotatable bonds is 30. The minimum absolute atomic E-state index is 0.0351. The molecule has 0 aromatic carbocycles. The molecule has 9 amide bonds. The van der Waals surface area contributed by atoms with Crippen molar-refractivity contribution in [3.63, 3.8) is 0 Å². The summed E-state index contributed by atoms with van der Waals surface area (Å²) in [5, 5.41) is 48.6. The first-order valence-electron chi connectivity index (χ1n) is 20.2. The number of thiol groups is 2. The molecular formula is C37H67N11O13S2. The Morgan fingerprint density at radius 3 is 1.52 bits per heavy atom. The first-order chi connectivity index (χ1) is 29.3. The lowest BCUT2D eigenvalue weighted by Gasteiger charge is -2.29. The summed E-state index contributed by atoms with van der Waals surface area (Å²) in [7, 11) is 0. The van der Waals surface area contributed by atoms with Crippen LogP contribution >= 0.6 is 25.3 Å². The summed E-state index contributed by atoms with van der Waals surface area (Å²) >= 11 is 7.85. The van der Waals surface area contributed by atoms with E-state index in [4.69, 9.17) is 17.2 Å². The molecule has 0 heterocycles. The zero-order chi connectivity index (χ0) is 48.7. The maximum atomic E-state index is 13.7. The van der Waals surface area contributed by atoms with E-state index in [0.717, 1.165) is 6.92 Å². The van der Waals surface area contributed by atoms with Crippen molar-refractivity contribution in [2.75, 3.05) is 24.6 Å². The number of primary amides is 1. The van der Waals surface area contributed by atoms with Crippen LogP contribution in [-0.2, 0) is 47.9 Å². The molecule has 0 fully saturated rings. The molecule has 0 rings (SSSR count). The second-order valence-corrected chi connectivity index (χ2v) is 16.3. The third kappa shape index (κ3) is 21.9. The van der Waals surface area contributed by atoms with Gasteiger partial charge in [-0.05, 0) is 57.9 Å². The summed E-state index contributed by atoms with van der Waals surface area (Å²) in [4.78, 5) is 129. The number of carbonyl (C=O) groups excluding carboxylic acids is 9. The van der Waals surface area contributed by atoms with E-state index in [1.807, 2.05) is 0 Å². The fourth-order valence-corrected chi connectivity index (χ4v) is 5.99. The lowest BCUT2D eigenvalue weighted by molar-refractivity contribution is -0.141. The zero-order valence-corrected chi connectivity index (χ0v) is 38.1. The molecular weight excluding hydrogens is 871 g/mol. The molecule has 17 N–H and O–H groups in total. The van der Waals surface area contributed by atoms with E-state index in [-0.39, 0.29) is 36.8 Å². The molecule has 0 aliphatic heterocycles. The Hall–Kier alpha value is -4.76. The monoisotopic (exact) mass is 937 g/mol. The highest BCUT2D eigenvalue weighted by Crippen LogP contribution is 2.10. The van der Waals surface area contributed by atoms with Crippen LogP contribution in [-0.4, -0.2) is 160 Å². The average molecular weight is 938 g/mol. The SMILES string of the molecule is CC(C)C[C@H](NC(=O)[C@@H](NC(=O)CNC(=O)[C@H](CC(N)=O)NC(=O)[C@H](CCCCN)NC(=O)[C@@H](NC(=O)[C@@H](NC(=O)[C@@H](N)CS)[C@@H](C)O)C(C)C)[C@@H](C)O)C(=O)N[C@@H](CS)C(=O)O. The van der Waals surface area contributed by atoms with Crippen molar-refractivity contribution in [3.05, 3.63) is 0 Å². The van der Waals surface area contributed by atoms with Gasteiger partial charge in [-0.3, -0.25) is 43.2 Å². The minimum atomic E-state index is -1.70. The predicted molar refractivity (Wildman–Crippen MR) is 234 cm³/mol. The van der Waals surface area contributed by atoms with Crippen LogP contribution in [0.5, 0.6) is 0 Å². The highest BCUT2D eigenvalue weighted by Gasteiger charge is 2.36. The molecule has 24 nitrogen and oxygen atoms in total. The fourth-order valence-electron chi connectivity index (χ4n) is 5.57. The van der Waals surface area contributed by atoms with E-state index in [9.17, 15) is 63.3 Å². The van der Waals surface area contributed by atoms with E-state index in [1.54, 1.807) is 27.7 Å². The smallest absolute Gasteiger partial charge is 0.327 e. The Kier molecular flexibility index (Phi) is 27.3. The molecule has 0 saturated carbocycles. The maximum absolute atomic E-state index is 13.7. The molecule has 360 valence electrons. The number of nitrogens with one attached hydrogen (secondary N) is 8. The second-order valence-electron chi connectivity index (χ2n) is 15.6.